The van der Waals surface area contributed by atoms with E-state index in [1.165, 1.54) is 0 Å². The van der Waals surface area contributed by atoms with Crippen molar-refractivity contribution < 1.29 is 9.53 Å². The molecule has 0 spiro atoms. The molecule has 0 bridgehead atoms. The lowest BCUT2D eigenvalue weighted by atomic mass is 10.2. The highest BCUT2D eigenvalue weighted by molar-refractivity contribution is 5.94. The van der Waals surface area contributed by atoms with Crippen LogP contribution in [0.25, 0.3) is 10.9 Å². The number of fused-ring (bicyclic) bond motifs is 1. The van der Waals surface area contributed by atoms with Gasteiger partial charge in [0.2, 0.25) is 0 Å². The van der Waals surface area contributed by atoms with Gasteiger partial charge in [-0.2, -0.15) is 0 Å². The fourth-order valence-electron chi connectivity index (χ4n) is 2.97. The first kappa shape index (κ1) is 16.5. The zero-order valence-electron chi connectivity index (χ0n) is 14.4. The minimum absolute atomic E-state index is 0.187. The predicted octanol–water partition coefficient (Wildman–Crippen LogP) is 2.40. The summed E-state index contributed by atoms with van der Waals surface area (Å²) in [5.41, 5.74) is 2.19. The molecule has 0 atom stereocenters. The van der Waals surface area contributed by atoms with Gasteiger partial charge in [-0.05, 0) is 23.8 Å². The fraction of sp³-hybridized carbons (Fsp3) is 0.250. The fourth-order valence-corrected chi connectivity index (χ4v) is 2.97. The lowest BCUT2D eigenvalue weighted by Crippen LogP contribution is -2.36. The van der Waals surface area contributed by atoms with E-state index in [-0.39, 0.29) is 5.91 Å². The van der Waals surface area contributed by atoms with Crippen LogP contribution in [0.1, 0.15) is 16.1 Å². The number of ether oxygens (including phenoxy) is 1. The number of rotatable bonds is 4. The van der Waals surface area contributed by atoms with Gasteiger partial charge >= 0.3 is 0 Å². The molecule has 1 aliphatic rings. The molecule has 26 heavy (non-hydrogen) atoms. The van der Waals surface area contributed by atoms with E-state index in [1.54, 1.807) is 12.3 Å². The van der Waals surface area contributed by atoms with Crippen molar-refractivity contribution in [2.24, 2.45) is 0 Å². The molecule has 0 unspecified atom stereocenters. The number of nitrogens with zero attached hydrogens (tertiary/aromatic N) is 3. The summed E-state index contributed by atoms with van der Waals surface area (Å²) in [5.74, 6) is 0.757. The summed E-state index contributed by atoms with van der Waals surface area (Å²) in [6.45, 7) is 3.60. The van der Waals surface area contributed by atoms with Crippen LogP contribution >= 0.6 is 0 Å². The third-order valence-corrected chi connectivity index (χ3v) is 4.43. The van der Waals surface area contributed by atoms with Crippen molar-refractivity contribution in [1.82, 2.24) is 15.3 Å². The molecule has 6 nitrogen and oxygen atoms in total. The maximum Gasteiger partial charge on any atom is 0.270 e. The van der Waals surface area contributed by atoms with Gasteiger partial charge in [-0.1, -0.05) is 30.3 Å². The Bertz CT molecular complexity index is 905. The van der Waals surface area contributed by atoms with Gasteiger partial charge in [0.25, 0.3) is 5.91 Å². The second-order valence-electron chi connectivity index (χ2n) is 6.20. The van der Waals surface area contributed by atoms with Gasteiger partial charge in [0.1, 0.15) is 11.5 Å². The van der Waals surface area contributed by atoms with Crippen LogP contribution in [0.4, 0.5) is 5.82 Å². The molecular weight excluding hydrogens is 328 g/mol. The molecule has 3 heterocycles. The predicted molar refractivity (Wildman–Crippen MR) is 100 cm³/mol. The zero-order valence-corrected chi connectivity index (χ0v) is 14.4. The highest BCUT2D eigenvalue weighted by Gasteiger charge is 2.12. The smallest absolute Gasteiger partial charge is 0.270 e. The molecule has 4 rings (SSSR count). The molecule has 1 amide bonds. The van der Waals surface area contributed by atoms with Crippen LogP contribution in [0.5, 0.6) is 0 Å². The number of para-hydroxylation sites is 1. The number of hydrogen-bond acceptors (Lipinski definition) is 5. The van der Waals surface area contributed by atoms with Gasteiger partial charge in [-0.3, -0.25) is 4.79 Å². The molecular formula is C20H20N4O2. The Labute approximate surface area is 151 Å². The van der Waals surface area contributed by atoms with Gasteiger partial charge < -0.3 is 15.0 Å². The number of amides is 1. The molecule has 3 aromatic rings. The lowest BCUT2D eigenvalue weighted by molar-refractivity contribution is 0.0946. The van der Waals surface area contributed by atoms with E-state index < -0.39 is 0 Å². The Hall–Kier alpha value is -2.99. The number of anilines is 1. The van der Waals surface area contributed by atoms with Crippen LogP contribution in [0.2, 0.25) is 0 Å². The second kappa shape index (κ2) is 7.49. The van der Waals surface area contributed by atoms with Gasteiger partial charge in [0.05, 0.1) is 18.7 Å². The van der Waals surface area contributed by atoms with E-state index in [4.69, 9.17) is 4.74 Å². The molecule has 0 aliphatic carbocycles. The second-order valence-corrected chi connectivity index (χ2v) is 6.20. The van der Waals surface area contributed by atoms with Gasteiger partial charge in [0.15, 0.2) is 0 Å². The molecule has 132 valence electrons. The third kappa shape index (κ3) is 3.65. The molecule has 1 N–H and O–H groups in total. The first-order chi connectivity index (χ1) is 12.8. The van der Waals surface area contributed by atoms with Gasteiger partial charge in [-0.25, -0.2) is 9.97 Å². The third-order valence-electron chi connectivity index (χ3n) is 4.43. The maximum atomic E-state index is 12.4. The highest BCUT2D eigenvalue weighted by Crippen LogP contribution is 2.14. The van der Waals surface area contributed by atoms with Crippen molar-refractivity contribution in [3.8, 4) is 0 Å². The van der Waals surface area contributed by atoms with E-state index in [2.05, 4.69) is 20.2 Å². The largest absolute Gasteiger partial charge is 0.378 e. The van der Waals surface area contributed by atoms with Crippen LogP contribution in [-0.2, 0) is 11.3 Å². The van der Waals surface area contributed by atoms with Crippen LogP contribution in [0.15, 0.2) is 54.7 Å². The number of carbonyl (C=O) groups is 1. The van der Waals surface area contributed by atoms with E-state index in [1.807, 2.05) is 42.5 Å². The highest BCUT2D eigenvalue weighted by atomic mass is 16.5. The standard InChI is InChI=1S/C20H20N4O2/c25-20(18-7-6-16-3-1-2-4-17(16)23-18)22-14-15-5-8-19(21-13-15)24-9-11-26-12-10-24/h1-8,13H,9-12,14H2,(H,22,25). The van der Waals surface area contributed by atoms with Crippen molar-refractivity contribution in [2.75, 3.05) is 31.2 Å². The van der Waals surface area contributed by atoms with Crippen LogP contribution in [0, 0.1) is 0 Å². The minimum atomic E-state index is -0.187. The molecule has 1 saturated heterocycles. The summed E-state index contributed by atoms with van der Waals surface area (Å²) >= 11 is 0. The summed E-state index contributed by atoms with van der Waals surface area (Å²) in [5, 5.41) is 3.92. The summed E-state index contributed by atoms with van der Waals surface area (Å²) < 4.78 is 5.36. The van der Waals surface area contributed by atoms with Crippen LogP contribution < -0.4 is 10.2 Å². The van der Waals surface area contributed by atoms with Crippen molar-refractivity contribution in [2.45, 2.75) is 6.54 Å². The summed E-state index contributed by atoms with van der Waals surface area (Å²) in [6, 6.07) is 15.4. The maximum absolute atomic E-state index is 12.4. The summed E-state index contributed by atoms with van der Waals surface area (Å²) in [6.07, 6.45) is 1.80. The van der Waals surface area contributed by atoms with Gasteiger partial charge in [-0.15, -0.1) is 0 Å². The molecule has 0 saturated carbocycles. The van der Waals surface area contributed by atoms with Crippen LogP contribution in [0.3, 0.4) is 0 Å². The van der Waals surface area contributed by atoms with Gasteiger partial charge in [0, 0.05) is 31.2 Å². The van der Waals surface area contributed by atoms with E-state index in [0.717, 1.165) is 48.6 Å². The van der Waals surface area contributed by atoms with E-state index >= 15 is 0 Å². The normalized spacial score (nSPS) is 14.4. The van der Waals surface area contributed by atoms with Crippen molar-refractivity contribution in [3.05, 3.63) is 66.0 Å². The van der Waals surface area contributed by atoms with Crippen LogP contribution in [-0.4, -0.2) is 42.2 Å². The van der Waals surface area contributed by atoms with Crippen molar-refractivity contribution >= 4 is 22.6 Å². The quantitative estimate of drug-likeness (QED) is 0.784. The number of hydrogen-bond donors (Lipinski definition) is 1. The Morgan fingerprint density at radius 2 is 1.92 bits per heavy atom. The zero-order chi connectivity index (χ0) is 17.8. The molecule has 2 aromatic heterocycles. The number of nitrogens with one attached hydrogen (secondary N) is 1. The Kier molecular flexibility index (Phi) is 4.75. The van der Waals surface area contributed by atoms with Crippen molar-refractivity contribution in [3.63, 3.8) is 0 Å². The first-order valence-corrected chi connectivity index (χ1v) is 8.71. The van der Waals surface area contributed by atoms with E-state index in [9.17, 15) is 4.79 Å². The number of benzene rings is 1. The number of aromatic nitrogens is 2. The van der Waals surface area contributed by atoms with Crippen molar-refractivity contribution in [1.29, 1.82) is 0 Å². The SMILES string of the molecule is O=C(NCc1ccc(N2CCOCC2)nc1)c1ccc2ccccc2n1. The minimum Gasteiger partial charge on any atom is -0.378 e. The average molecular weight is 348 g/mol. The number of carbonyl (C=O) groups excluding carboxylic acids is 1. The molecule has 1 aliphatic heterocycles. The molecule has 0 radical (unpaired) electrons. The average Bonchev–Trinajstić information content (AvgIpc) is 2.72. The summed E-state index contributed by atoms with van der Waals surface area (Å²) in [4.78, 5) is 23.5. The Morgan fingerprint density at radius 1 is 1.08 bits per heavy atom. The Balaban J connectivity index is 1.38. The molecule has 1 aromatic carbocycles. The molecule has 6 heteroatoms. The molecule has 1 fully saturated rings. The van der Waals surface area contributed by atoms with E-state index in [0.29, 0.717) is 12.2 Å². The topological polar surface area (TPSA) is 67.4 Å². The number of morpholine rings is 1. The Morgan fingerprint density at radius 3 is 2.73 bits per heavy atom. The first-order valence-electron chi connectivity index (χ1n) is 8.71. The lowest BCUT2D eigenvalue weighted by Gasteiger charge is -2.27. The monoisotopic (exact) mass is 348 g/mol. The number of pyridine rings is 2. The summed E-state index contributed by atoms with van der Waals surface area (Å²) in [7, 11) is 0.